The largest absolute Gasteiger partial charge is 0.480 e. The Morgan fingerprint density at radius 1 is 1.30 bits per heavy atom. The van der Waals surface area contributed by atoms with Gasteiger partial charge in [-0.05, 0) is 24.2 Å². The van der Waals surface area contributed by atoms with Crippen molar-refractivity contribution < 1.29 is 14.7 Å². The molecule has 0 bridgehead atoms. The number of aliphatic carboxylic acids is 1. The van der Waals surface area contributed by atoms with Gasteiger partial charge < -0.3 is 15.7 Å². The molecule has 1 fully saturated rings. The molecule has 1 aliphatic rings. The van der Waals surface area contributed by atoms with Gasteiger partial charge in [-0.2, -0.15) is 0 Å². The minimum atomic E-state index is -0.997. The van der Waals surface area contributed by atoms with Crippen molar-refractivity contribution in [2.75, 3.05) is 0 Å². The van der Waals surface area contributed by atoms with E-state index in [1.54, 1.807) is 20.8 Å². The van der Waals surface area contributed by atoms with Crippen LogP contribution in [0.1, 0.15) is 59.8 Å². The SMILES string of the molecule is CCC1CCCC(NC(=O)N[C@@H](C(=O)O)C(C)(C)C)C1. The lowest BCUT2D eigenvalue weighted by molar-refractivity contribution is -0.141. The Kier molecular flexibility index (Phi) is 5.84. The molecule has 116 valence electrons. The van der Waals surface area contributed by atoms with E-state index in [0.29, 0.717) is 5.92 Å². The molecule has 0 heterocycles. The highest BCUT2D eigenvalue weighted by atomic mass is 16.4. The molecule has 2 unspecified atom stereocenters. The minimum absolute atomic E-state index is 0.170. The number of carboxylic acids is 1. The smallest absolute Gasteiger partial charge is 0.326 e. The number of amides is 2. The van der Waals surface area contributed by atoms with E-state index < -0.39 is 17.4 Å². The van der Waals surface area contributed by atoms with Crippen molar-refractivity contribution in [1.82, 2.24) is 10.6 Å². The highest BCUT2D eigenvalue weighted by molar-refractivity contribution is 5.83. The summed E-state index contributed by atoms with van der Waals surface area (Å²) in [5.41, 5.74) is -0.512. The van der Waals surface area contributed by atoms with Gasteiger partial charge in [0.25, 0.3) is 0 Å². The number of rotatable bonds is 4. The number of nitrogens with one attached hydrogen (secondary N) is 2. The maximum atomic E-state index is 12.0. The van der Waals surface area contributed by atoms with E-state index in [0.717, 1.165) is 25.7 Å². The van der Waals surface area contributed by atoms with Crippen molar-refractivity contribution in [3.63, 3.8) is 0 Å². The first kappa shape index (κ1) is 16.8. The van der Waals surface area contributed by atoms with Crippen molar-refractivity contribution in [2.45, 2.75) is 71.9 Å². The molecule has 3 N–H and O–H groups in total. The number of hydrogen-bond donors (Lipinski definition) is 3. The average molecular weight is 284 g/mol. The number of urea groups is 1. The number of carboxylic acid groups (broad SMARTS) is 1. The van der Waals surface area contributed by atoms with E-state index >= 15 is 0 Å². The summed E-state index contributed by atoms with van der Waals surface area (Å²) in [4.78, 5) is 23.2. The lowest BCUT2D eigenvalue weighted by Gasteiger charge is -2.31. The Balaban J connectivity index is 2.52. The first-order valence-corrected chi connectivity index (χ1v) is 7.53. The van der Waals surface area contributed by atoms with Crippen LogP contribution < -0.4 is 10.6 Å². The van der Waals surface area contributed by atoms with Crippen LogP contribution in [-0.4, -0.2) is 29.2 Å². The molecule has 5 heteroatoms. The van der Waals surface area contributed by atoms with E-state index in [-0.39, 0.29) is 12.1 Å². The second-order valence-corrected chi connectivity index (χ2v) is 6.89. The highest BCUT2D eigenvalue weighted by Crippen LogP contribution is 2.26. The molecule has 0 spiro atoms. The third kappa shape index (κ3) is 5.02. The summed E-state index contributed by atoms with van der Waals surface area (Å²) in [5, 5.41) is 14.7. The Morgan fingerprint density at radius 3 is 2.45 bits per heavy atom. The van der Waals surface area contributed by atoms with Crippen LogP contribution in [0.5, 0.6) is 0 Å². The molecule has 1 saturated carbocycles. The second-order valence-electron chi connectivity index (χ2n) is 6.89. The Labute approximate surface area is 121 Å². The van der Waals surface area contributed by atoms with Gasteiger partial charge >= 0.3 is 12.0 Å². The average Bonchev–Trinajstić information content (AvgIpc) is 2.34. The Hall–Kier alpha value is -1.26. The van der Waals surface area contributed by atoms with Crippen LogP contribution in [0.4, 0.5) is 4.79 Å². The zero-order valence-corrected chi connectivity index (χ0v) is 13.0. The van der Waals surface area contributed by atoms with Crippen molar-refractivity contribution in [1.29, 1.82) is 0 Å². The van der Waals surface area contributed by atoms with Gasteiger partial charge in [0.2, 0.25) is 0 Å². The molecule has 2 amide bonds. The van der Waals surface area contributed by atoms with Crippen LogP contribution in [0.3, 0.4) is 0 Å². The van der Waals surface area contributed by atoms with Gasteiger partial charge in [-0.15, -0.1) is 0 Å². The van der Waals surface area contributed by atoms with E-state index in [9.17, 15) is 14.7 Å². The van der Waals surface area contributed by atoms with E-state index in [4.69, 9.17) is 0 Å². The minimum Gasteiger partial charge on any atom is -0.480 e. The van der Waals surface area contributed by atoms with Crippen LogP contribution in [0.15, 0.2) is 0 Å². The Bertz CT molecular complexity index is 350. The van der Waals surface area contributed by atoms with Gasteiger partial charge in [0.05, 0.1) is 0 Å². The predicted octanol–water partition coefficient (Wildman–Crippen LogP) is 2.75. The molecule has 0 aromatic heterocycles. The fourth-order valence-electron chi connectivity index (χ4n) is 2.80. The molecule has 20 heavy (non-hydrogen) atoms. The topological polar surface area (TPSA) is 78.4 Å². The van der Waals surface area contributed by atoms with E-state index in [2.05, 4.69) is 17.6 Å². The fraction of sp³-hybridized carbons (Fsp3) is 0.867. The summed E-state index contributed by atoms with van der Waals surface area (Å²) in [7, 11) is 0. The van der Waals surface area contributed by atoms with Gasteiger partial charge in [-0.1, -0.05) is 47.0 Å². The summed E-state index contributed by atoms with van der Waals surface area (Å²) >= 11 is 0. The zero-order chi connectivity index (χ0) is 15.3. The van der Waals surface area contributed by atoms with Crippen molar-refractivity contribution >= 4 is 12.0 Å². The van der Waals surface area contributed by atoms with E-state index in [1.807, 2.05) is 0 Å². The molecule has 0 saturated heterocycles. The monoisotopic (exact) mass is 284 g/mol. The van der Waals surface area contributed by atoms with Crippen LogP contribution in [0.25, 0.3) is 0 Å². The summed E-state index contributed by atoms with van der Waals surface area (Å²) in [5.74, 6) is -0.324. The van der Waals surface area contributed by atoms with Gasteiger partial charge in [0.1, 0.15) is 6.04 Å². The Morgan fingerprint density at radius 2 is 1.95 bits per heavy atom. The van der Waals surface area contributed by atoms with Gasteiger partial charge in [-0.3, -0.25) is 0 Å². The molecule has 0 aromatic carbocycles. The number of hydrogen-bond acceptors (Lipinski definition) is 2. The van der Waals surface area contributed by atoms with Gasteiger partial charge in [-0.25, -0.2) is 9.59 Å². The molecule has 1 rings (SSSR count). The summed E-state index contributed by atoms with van der Waals surface area (Å²) < 4.78 is 0. The van der Waals surface area contributed by atoms with Crippen molar-refractivity contribution in [2.24, 2.45) is 11.3 Å². The molecule has 1 aliphatic carbocycles. The van der Waals surface area contributed by atoms with Gasteiger partial charge in [0, 0.05) is 6.04 Å². The third-order valence-corrected chi connectivity index (χ3v) is 4.08. The number of carbonyl (C=O) groups excluding carboxylic acids is 1. The molecule has 0 radical (unpaired) electrons. The summed E-state index contributed by atoms with van der Waals surface area (Å²) in [6.07, 6.45) is 5.48. The van der Waals surface area contributed by atoms with Crippen molar-refractivity contribution in [3.05, 3.63) is 0 Å². The van der Waals surface area contributed by atoms with E-state index in [1.165, 1.54) is 6.42 Å². The maximum Gasteiger partial charge on any atom is 0.326 e. The highest BCUT2D eigenvalue weighted by Gasteiger charge is 2.33. The lowest BCUT2D eigenvalue weighted by Crippen LogP contribution is -2.54. The first-order valence-electron chi connectivity index (χ1n) is 7.53. The first-order chi connectivity index (χ1) is 9.24. The number of carbonyl (C=O) groups is 2. The summed E-state index contributed by atoms with van der Waals surface area (Å²) in [6.45, 7) is 7.59. The predicted molar refractivity (Wildman–Crippen MR) is 78.6 cm³/mol. The normalized spacial score (nSPS) is 24.8. The lowest BCUT2D eigenvalue weighted by atomic mass is 9.84. The summed E-state index contributed by atoms with van der Waals surface area (Å²) in [6, 6.07) is -1.08. The maximum absolute atomic E-state index is 12.0. The molecule has 0 aliphatic heterocycles. The van der Waals surface area contributed by atoms with Crippen LogP contribution in [0.2, 0.25) is 0 Å². The molecule has 3 atom stereocenters. The van der Waals surface area contributed by atoms with Crippen molar-refractivity contribution in [3.8, 4) is 0 Å². The second kappa shape index (κ2) is 6.95. The molecule has 0 aromatic rings. The third-order valence-electron chi connectivity index (χ3n) is 4.08. The quantitative estimate of drug-likeness (QED) is 0.742. The van der Waals surface area contributed by atoms with Gasteiger partial charge in [0.15, 0.2) is 0 Å². The molecule has 5 nitrogen and oxygen atoms in total. The zero-order valence-electron chi connectivity index (χ0n) is 13.0. The molecular weight excluding hydrogens is 256 g/mol. The van der Waals surface area contributed by atoms with Crippen LogP contribution in [-0.2, 0) is 4.79 Å². The molecular formula is C15H28N2O3. The van der Waals surface area contributed by atoms with Crippen LogP contribution >= 0.6 is 0 Å². The standard InChI is InChI=1S/C15H28N2O3/c1-5-10-7-6-8-11(9-10)16-14(20)17-12(13(18)19)15(2,3)4/h10-12H,5-9H2,1-4H3,(H,18,19)(H2,16,17,20)/t10?,11?,12-/m0/s1. The fourth-order valence-corrected chi connectivity index (χ4v) is 2.80. The van der Waals surface area contributed by atoms with Crippen LogP contribution in [0, 0.1) is 11.3 Å².